The molecule has 0 atom stereocenters. The smallest absolute Gasteiger partial charge is 0.0936 e. The number of allylic oxidation sites excluding steroid dienone is 2. The van der Waals surface area contributed by atoms with Crippen LogP contribution in [0.25, 0.3) is 12.2 Å². The highest BCUT2D eigenvalue weighted by atomic mass is 32.5. The Labute approximate surface area is 134 Å². The second-order valence-electron chi connectivity index (χ2n) is 5.55. The Morgan fingerprint density at radius 2 is 1.26 bits per heavy atom. The van der Waals surface area contributed by atoms with E-state index in [1.54, 1.807) is 6.08 Å². The van der Waals surface area contributed by atoms with E-state index in [9.17, 15) is 19.4 Å². The van der Waals surface area contributed by atoms with Gasteiger partial charge in [-0.25, -0.2) is 0 Å². The second-order valence-corrected chi connectivity index (χ2v) is 7.90. The minimum atomic E-state index is -9.77. The van der Waals surface area contributed by atoms with Gasteiger partial charge in [0.25, 0.3) is 0 Å². The lowest BCUT2D eigenvalue weighted by atomic mass is 10.0. The van der Waals surface area contributed by atoms with Crippen LogP contribution < -0.4 is 0 Å². The van der Waals surface area contributed by atoms with E-state index in [0.717, 1.165) is 31.9 Å². The monoisotopic (exact) mass is 354 g/mol. The zero-order valence-electron chi connectivity index (χ0n) is 13.6. The van der Waals surface area contributed by atoms with Crippen molar-refractivity contribution in [3.05, 3.63) is 41.0 Å². The highest BCUT2D eigenvalue weighted by Gasteiger charge is 2.67. The summed E-state index contributed by atoms with van der Waals surface area (Å²) in [5.41, 5.74) is -0.715. The topological polar surface area (TPSA) is 0 Å². The van der Waals surface area contributed by atoms with Gasteiger partial charge < -0.3 is 0 Å². The molecule has 0 bridgehead atoms. The summed E-state index contributed by atoms with van der Waals surface area (Å²) in [5, 5.41) is 0. The predicted octanol–water partition coefficient (Wildman–Crippen LogP) is 8.28. The van der Waals surface area contributed by atoms with E-state index < -0.39 is 26.2 Å². The van der Waals surface area contributed by atoms with Crippen molar-refractivity contribution in [1.29, 1.82) is 0 Å². The number of halogens is 5. The van der Waals surface area contributed by atoms with Crippen LogP contribution in [-0.4, -0.2) is 0 Å². The summed E-state index contributed by atoms with van der Waals surface area (Å²) in [4.78, 5) is -1.77. The molecule has 0 spiro atoms. The van der Waals surface area contributed by atoms with Crippen molar-refractivity contribution in [2.45, 2.75) is 51.3 Å². The van der Waals surface area contributed by atoms with E-state index in [-0.39, 0.29) is 5.56 Å². The molecule has 1 aromatic carbocycles. The predicted molar refractivity (Wildman–Crippen MR) is 90.5 cm³/mol. The first-order valence-corrected chi connectivity index (χ1v) is 9.56. The third kappa shape index (κ3) is 5.68. The van der Waals surface area contributed by atoms with Gasteiger partial charge in [-0.3, -0.25) is 0 Å². The molecular weight excluding hydrogens is 331 g/mol. The first-order chi connectivity index (χ1) is 10.4. The average molecular weight is 354 g/mol. The first-order valence-electron chi connectivity index (χ1n) is 7.61. The van der Waals surface area contributed by atoms with Crippen LogP contribution >= 0.6 is 10.2 Å². The minimum Gasteiger partial charge on any atom is -0.0936 e. The molecule has 0 aromatic heterocycles. The number of hydrogen-bond donors (Lipinski definition) is 0. The van der Waals surface area contributed by atoms with Gasteiger partial charge in [0, 0.05) is 0 Å². The van der Waals surface area contributed by atoms with Crippen molar-refractivity contribution in [2.24, 2.45) is 0 Å². The summed E-state index contributed by atoms with van der Waals surface area (Å²) in [5.74, 6) is 0. The second kappa shape index (κ2) is 6.30. The molecule has 1 rings (SSSR count). The van der Waals surface area contributed by atoms with Crippen LogP contribution in [-0.2, 0) is 0 Å². The standard InChI is InChI=1S/C17H23F5S/c1-4-6-8-10-15-12-13-16(11-9-7-5-2)17(14(15)3)23(18,19,20,21)22/h8-13H,4-7H2,1-3H3/b10-8+,11-9+. The third-order valence-electron chi connectivity index (χ3n) is 3.37. The van der Waals surface area contributed by atoms with Crippen LogP contribution in [0.4, 0.5) is 19.4 Å². The molecule has 0 unspecified atom stereocenters. The molecule has 1 aromatic rings. The Hall–Kier alpha value is -1.30. The Morgan fingerprint density at radius 3 is 1.70 bits per heavy atom. The molecule has 0 nitrogen and oxygen atoms in total. The van der Waals surface area contributed by atoms with Crippen molar-refractivity contribution in [2.75, 3.05) is 0 Å². The summed E-state index contributed by atoms with van der Waals surface area (Å²) in [7, 11) is -9.77. The van der Waals surface area contributed by atoms with E-state index in [0.29, 0.717) is 12.8 Å². The van der Waals surface area contributed by atoms with Gasteiger partial charge in [-0.05, 0) is 36.5 Å². The van der Waals surface area contributed by atoms with E-state index in [2.05, 4.69) is 0 Å². The van der Waals surface area contributed by atoms with Crippen LogP contribution in [0.5, 0.6) is 0 Å². The van der Waals surface area contributed by atoms with Crippen LogP contribution in [0.2, 0.25) is 0 Å². The van der Waals surface area contributed by atoms with Gasteiger partial charge in [0.1, 0.15) is 4.90 Å². The molecule has 132 valence electrons. The summed E-state index contributed by atoms with van der Waals surface area (Å²) >= 11 is 0. The largest absolute Gasteiger partial charge is 0.311 e. The van der Waals surface area contributed by atoms with Gasteiger partial charge in [-0.2, -0.15) is 0 Å². The maximum atomic E-state index is 13.5. The van der Waals surface area contributed by atoms with Crippen molar-refractivity contribution >= 4 is 22.4 Å². The van der Waals surface area contributed by atoms with Crippen LogP contribution in [0.15, 0.2) is 29.2 Å². The number of rotatable bonds is 7. The fraction of sp³-hybridized carbons (Fsp3) is 0.412. The van der Waals surface area contributed by atoms with Crippen LogP contribution in [0.3, 0.4) is 0 Å². The van der Waals surface area contributed by atoms with Gasteiger partial charge in [-0.15, -0.1) is 0 Å². The van der Waals surface area contributed by atoms with Crippen molar-refractivity contribution in [3.63, 3.8) is 0 Å². The van der Waals surface area contributed by atoms with Crippen molar-refractivity contribution in [1.82, 2.24) is 0 Å². The van der Waals surface area contributed by atoms with Gasteiger partial charge in [0.2, 0.25) is 0 Å². The Balaban J connectivity index is 3.55. The summed E-state index contributed by atoms with van der Waals surface area (Å²) < 4.78 is 67.4. The number of hydrogen-bond acceptors (Lipinski definition) is 0. The highest BCUT2D eigenvalue weighted by Crippen LogP contribution is 3.02. The number of benzene rings is 1. The molecule has 0 aliphatic carbocycles. The molecule has 0 N–H and O–H groups in total. The normalized spacial score (nSPS) is 16.0. The maximum Gasteiger partial charge on any atom is 0.311 e. The molecule has 0 fully saturated rings. The highest BCUT2D eigenvalue weighted by molar-refractivity contribution is 8.45. The summed E-state index contributed by atoms with van der Waals surface area (Å²) in [6, 6.07) is 2.58. The molecule has 0 radical (unpaired) electrons. The van der Waals surface area contributed by atoms with Crippen LogP contribution in [0, 0.1) is 6.92 Å². The summed E-state index contributed by atoms with van der Waals surface area (Å²) in [6.07, 6.45) is 8.61. The molecule has 0 saturated heterocycles. The van der Waals surface area contributed by atoms with Crippen molar-refractivity contribution < 1.29 is 19.4 Å². The molecule has 0 heterocycles. The lowest BCUT2D eigenvalue weighted by Crippen LogP contribution is -2.11. The van der Waals surface area contributed by atoms with E-state index in [1.807, 2.05) is 13.8 Å². The van der Waals surface area contributed by atoms with Crippen LogP contribution in [0.1, 0.15) is 56.2 Å². The molecule has 0 amide bonds. The molecule has 0 aliphatic heterocycles. The van der Waals surface area contributed by atoms with Crippen molar-refractivity contribution in [3.8, 4) is 0 Å². The first kappa shape index (κ1) is 19.7. The third-order valence-corrected chi connectivity index (χ3v) is 4.68. The zero-order chi connectivity index (χ0) is 17.8. The lowest BCUT2D eigenvalue weighted by Gasteiger charge is -2.42. The van der Waals surface area contributed by atoms with Gasteiger partial charge >= 0.3 is 10.2 Å². The van der Waals surface area contributed by atoms with E-state index >= 15 is 0 Å². The Bertz CT molecular complexity index is 612. The fourth-order valence-corrected chi connectivity index (χ4v) is 3.58. The molecule has 0 saturated carbocycles. The van der Waals surface area contributed by atoms with E-state index in [1.165, 1.54) is 18.2 Å². The number of unbranched alkanes of at least 4 members (excludes halogenated alkanes) is 2. The molecule has 6 heteroatoms. The quantitative estimate of drug-likeness (QED) is 0.432. The zero-order valence-corrected chi connectivity index (χ0v) is 14.4. The molecule has 0 aliphatic rings. The lowest BCUT2D eigenvalue weighted by molar-refractivity contribution is 0.363. The SMILES string of the molecule is CCC/C=C/c1ccc(/C=C/CCC)c(S(F)(F)(F)(F)F)c1C. The molecular formula is C17H23F5S. The van der Waals surface area contributed by atoms with E-state index in [4.69, 9.17) is 0 Å². The maximum absolute atomic E-state index is 13.5. The fourth-order valence-electron chi connectivity index (χ4n) is 2.31. The average Bonchev–Trinajstić information content (AvgIpc) is 2.38. The minimum absolute atomic E-state index is 0.175. The molecule has 23 heavy (non-hydrogen) atoms. The van der Waals surface area contributed by atoms with Gasteiger partial charge in [0.05, 0.1) is 0 Å². The summed E-state index contributed by atoms with van der Waals surface area (Å²) in [6.45, 7) is 4.90. The Kier molecular flexibility index (Phi) is 5.41. The van der Waals surface area contributed by atoms with Gasteiger partial charge in [-0.1, -0.05) is 82.6 Å². The van der Waals surface area contributed by atoms with Gasteiger partial charge in [0.15, 0.2) is 0 Å². The Morgan fingerprint density at radius 1 is 0.826 bits per heavy atom.